The van der Waals surface area contributed by atoms with Crippen LogP contribution in [0.15, 0.2) is 58.3 Å². The molecule has 0 fully saturated rings. The largest absolute Gasteiger partial charge is 0.325 e. The van der Waals surface area contributed by atoms with E-state index >= 15 is 0 Å². The van der Waals surface area contributed by atoms with E-state index in [1.807, 2.05) is 0 Å². The van der Waals surface area contributed by atoms with E-state index < -0.39 is 41.7 Å². The van der Waals surface area contributed by atoms with Gasteiger partial charge in [0.2, 0.25) is 11.8 Å². The SMILES string of the molecule is CC(=O)Nc1ccccc1S(=O)(=O)NS(=O)(=O)c1ccccc1NC(C)=O. The Kier molecular flexibility index (Phi) is 5.98. The minimum atomic E-state index is -4.55. The molecule has 2 aromatic carbocycles. The van der Waals surface area contributed by atoms with Crippen LogP contribution < -0.4 is 14.8 Å². The van der Waals surface area contributed by atoms with Gasteiger partial charge in [0.15, 0.2) is 0 Å². The molecule has 0 unspecified atom stereocenters. The maximum absolute atomic E-state index is 12.6. The Morgan fingerprint density at radius 3 is 1.33 bits per heavy atom. The quantitative estimate of drug-likeness (QED) is 0.654. The molecule has 0 aliphatic carbocycles. The second-order valence-electron chi connectivity index (χ2n) is 5.44. The molecule has 0 spiro atoms. The Labute approximate surface area is 156 Å². The molecule has 0 aliphatic rings. The predicted octanol–water partition coefficient (Wildman–Crippen LogP) is 1.27. The van der Waals surface area contributed by atoms with Crippen molar-refractivity contribution in [2.45, 2.75) is 23.6 Å². The number of rotatable bonds is 6. The summed E-state index contributed by atoms with van der Waals surface area (Å²) in [6.07, 6.45) is 0. The van der Waals surface area contributed by atoms with Gasteiger partial charge in [0.05, 0.1) is 11.4 Å². The molecule has 2 rings (SSSR count). The van der Waals surface area contributed by atoms with Crippen LogP contribution in [0.3, 0.4) is 0 Å². The number of para-hydroxylation sites is 2. The number of hydrogen-bond donors (Lipinski definition) is 3. The zero-order chi connectivity index (χ0) is 20.2. The van der Waals surface area contributed by atoms with E-state index in [4.69, 9.17) is 0 Å². The fraction of sp³-hybridized carbons (Fsp3) is 0.125. The first-order chi connectivity index (χ1) is 12.5. The highest BCUT2D eigenvalue weighted by Gasteiger charge is 2.28. The van der Waals surface area contributed by atoms with E-state index in [9.17, 15) is 26.4 Å². The van der Waals surface area contributed by atoms with Crippen LogP contribution >= 0.6 is 0 Å². The lowest BCUT2D eigenvalue weighted by molar-refractivity contribution is -0.115. The van der Waals surface area contributed by atoms with Gasteiger partial charge in [-0.05, 0) is 24.3 Å². The van der Waals surface area contributed by atoms with Gasteiger partial charge in [-0.25, -0.2) is 16.8 Å². The third kappa shape index (κ3) is 5.12. The summed E-state index contributed by atoms with van der Waals surface area (Å²) >= 11 is 0. The lowest BCUT2D eigenvalue weighted by Gasteiger charge is -2.14. The van der Waals surface area contributed by atoms with Crippen LogP contribution in [0, 0.1) is 0 Å². The summed E-state index contributed by atoms with van der Waals surface area (Å²) in [7, 11) is -9.11. The highest BCUT2D eigenvalue weighted by atomic mass is 32.3. The Morgan fingerprint density at radius 1 is 0.667 bits per heavy atom. The topological polar surface area (TPSA) is 139 Å². The summed E-state index contributed by atoms with van der Waals surface area (Å²) in [5, 5.41) is 4.67. The molecule has 3 N–H and O–H groups in total. The molecule has 0 saturated carbocycles. The molecule has 144 valence electrons. The minimum absolute atomic E-state index is 0.0668. The molecule has 11 heteroatoms. The van der Waals surface area contributed by atoms with E-state index in [0.717, 1.165) is 12.1 Å². The van der Waals surface area contributed by atoms with Gasteiger partial charge in [-0.3, -0.25) is 9.59 Å². The fourth-order valence-corrected chi connectivity index (χ4v) is 5.43. The van der Waals surface area contributed by atoms with E-state index in [-0.39, 0.29) is 11.4 Å². The number of sulfonamides is 2. The van der Waals surface area contributed by atoms with E-state index in [2.05, 4.69) is 10.6 Å². The minimum Gasteiger partial charge on any atom is -0.325 e. The van der Waals surface area contributed by atoms with Crippen molar-refractivity contribution in [3.05, 3.63) is 48.5 Å². The second-order valence-corrected chi connectivity index (χ2v) is 9.00. The van der Waals surface area contributed by atoms with Gasteiger partial charge >= 0.3 is 0 Å². The smallest absolute Gasteiger partial charge is 0.255 e. The second kappa shape index (κ2) is 7.86. The van der Waals surface area contributed by atoms with Gasteiger partial charge in [0.25, 0.3) is 20.0 Å². The number of carbonyl (C=O) groups excluding carboxylic acids is 2. The third-order valence-corrected chi connectivity index (χ3v) is 6.82. The standard InChI is InChI=1S/C16H17N3O6S2/c1-11(20)17-13-7-3-5-9-15(13)26(22,23)19-27(24,25)16-10-6-4-8-14(16)18-12(2)21/h3-10,19H,1-2H3,(H,17,20)(H,18,21). The molecule has 0 saturated heterocycles. The molecule has 2 aromatic rings. The molecular formula is C16H17N3O6S2. The van der Waals surface area contributed by atoms with Crippen LogP contribution in [0.25, 0.3) is 0 Å². The van der Waals surface area contributed by atoms with Crippen molar-refractivity contribution in [1.29, 1.82) is 0 Å². The summed E-state index contributed by atoms with van der Waals surface area (Å²) in [4.78, 5) is 21.7. The average molecular weight is 411 g/mol. The summed E-state index contributed by atoms with van der Waals surface area (Å²) in [6.45, 7) is 2.38. The maximum Gasteiger partial charge on any atom is 0.255 e. The average Bonchev–Trinajstić information content (AvgIpc) is 2.53. The van der Waals surface area contributed by atoms with E-state index in [1.165, 1.54) is 50.2 Å². The molecule has 0 aromatic heterocycles. The maximum atomic E-state index is 12.6. The number of hydrogen-bond acceptors (Lipinski definition) is 6. The number of benzene rings is 2. The summed E-state index contributed by atoms with van der Waals surface area (Å²) in [5.41, 5.74) is -0.134. The van der Waals surface area contributed by atoms with Crippen molar-refractivity contribution in [2.75, 3.05) is 10.6 Å². The van der Waals surface area contributed by atoms with Crippen molar-refractivity contribution >= 4 is 43.2 Å². The lowest BCUT2D eigenvalue weighted by atomic mass is 10.3. The first-order valence-corrected chi connectivity index (χ1v) is 10.5. The van der Waals surface area contributed by atoms with Crippen LogP contribution in [-0.2, 0) is 29.6 Å². The zero-order valence-corrected chi connectivity index (χ0v) is 16.0. The molecule has 0 aliphatic heterocycles. The van der Waals surface area contributed by atoms with Crippen molar-refractivity contribution in [3.63, 3.8) is 0 Å². The van der Waals surface area contributed by atoms with Gasteiger partial charge in [-0.1, -0.05) is 24.3 Å². The molecule has 2 amide bonds. The van der Waals surface area contributed by atoms with Gasteiger partial charge in [0, 0.05) is 13.8 Å². The summed E-state index contributed by atoms with van der Waals surface area (Å²) in [6, 6.07) is 10.7. The van der Waals surface area contributed by atoms with Gasteiger partial charge < -0.3 is 10.6 Å². The fourth-order valence-electron chi connectivity index (χ4n) is 2.22. The Hall–Kier alpha value is -2.76. The Morgan fingerprint density at radius 2 is 1.00 bits per heavy atom. The number of carbonyl (C=O) groups is 2. The van der Waals surface area contributed by atoms with Crippen molar-refractivity contribution in [1.82, 2.24) is 4.13 Å². The summed E-state index contributed by atoms with van der Waals surface area (Å²) in [5.74, 6) is -1.03. The van der Waals surface area contributed by atoms with Crippen molar-refractivity contribution in [2.24, 2.45) is 0 Å². The van der Waals surface area contributed by atoms with Crippen LogP contribution in [0.4, 0.5) is 11.4 Å². The molecule has 27 heavy (non-hydrogen) atoms. The van der Waals surface area contributed by atoms with Crippen molar-refractivity contribution in [3.8, 4) is 0 Å². The molecule has 9 nitrogen and oxygen atoms in total. The molecule has 0 heterocycles. The first kappa shape index (κ1) is 20.6. The number of amides is 2. The first-order valence-electron chi connectivity index (χ1n) is 7.55. The Balaban J connectivity index is 2.47. The van der Waals surface area contributed by atoms with Gasteiger partial charge in [-0.15, -0.1) is 4.13 Å². The van der Waals surface area contributed by atoms with Crippen LogP contribution in [0.1, 0.15) is 13.8 Å². The van der Waals surface area contributed by atoms with Gasteiger partial charge in [0.1, 0.15) is 9.79 Å². The molecular weight excluding hydrogens is 394 g/mol. The normalized spacial score (nSPS) is 11.6. The number of nitrogens with one attached hydrogen (secondary N) is 3. The van der Waals surface area contributed by atoms with Crippen LogP contribution in [0.5, 0.6) is 0 Å². The summed E-state index contributed by atoms with van der Waals surface area (Å²) < 4.78 is 52.1. The Bertz CT molecular complexity index is 1010. The number of anilines is 2. The van der Waals surface area contributed by atoms with E-state index in [0.29, 0.717) is 0 Å². The van der Waals surface area contributed by atoms with Gasteiger partial charge in [-0.2, -0.15) is 0 Å². The van der Waals surface area contributed by atoms with E-state index in [1.54, 1.807) is 4.13 Å². The predicted molar refractivity (Wildman–Crippen MR) is 99.0 cm³/mol. The van der Waals surface area contributed by atoms with Crippen molar-refractivity contribution < 1.29 is 26.4 Å². The highest BCUT2D eigenvalue weighted by molar-refractivity contribution is 8.04. The molecule has 0 bridgehead atoms. The zero-order valence-electron chi connectivity index (χ0n) is 14.4. The molecule has 0 radical (unpaired) electrons. The third-order valence-electron chi connectivity index (χ3n) is 3.19. The lowest BCUT2D eigenvalue weighted by Crippen LogP contribution is -2.32. The van der Waals surface area contributed by atoms with Crippen LogP contribution in [-0.4, -0.2) is 28.6 Å². The highest BCUT2D eigenvalue weighted by Crippen LogP contribution is 2.25. The molecule has 0 atom stereocenters. The van der Waals surface area contributed by atoms with Crippen LogP contribution in [0.2, 0.25) is 0 Å². The monoisotopic (exact) mass is 411 g/mol.